The molecule has 3 heterocycles. The number of ether oxygens (including phenoxy) is 4. The number of aryl methyl sites for hydroxylation is 1. The van der Waals surface area contributed by atoms with Crippen molar-refractivity contribution in [1.82, 2.24) is 15.0 Å². The summed E-state index contributed by atoms with van der Waals surface area (Å²) in [4.78, 5) is 13.0. The molecular weight excluding hydrogens is 494 g/mol. The van der Waals surface area contributed by atoms with Crippen LogP contribution in [0.4, 0.5) is 0 Å². The van der Waals surface area contributed by atoms with E-state index in [1.807, 2.05) is 50.2 Å². The highest BCUT2D eigenvalue weighted by Gasteiger charge is 2.53. The van der Waals surface area contributed by atoms with E-state index in [4.69, 9.17) is 18.9 Å². The first-order valence-electron chi connectivity index (χ1n) is 13.2. The molecule has 8 heteroatoms. The van der Waals surface area contributed by atoms with Crippen molar-refractivity contribution in [3.8, 4) is 16.9 Å². The minimum atomic E-state index is -0.723. The molecule has 0 amide bonds. The Bertz CT molecular complexity index is 1550. The largest absolute Gasteiger partial charge is 0.497 e. The van der Waals surface area contributed by atoms with Gasteiger partial charge in [-0.25, -0.2) is 4.68 Å². The minimum absolute atomic E-state index is 0.0215. The molecule has 0 saturated carbocycles. The van der Waals surface area contributed by atoms with Gasteiger partial charge in [0, 0.05) is 12.5 Å². The summed E-state index contributed by atoms with van der Waals surface area (Å²) in [5.74, 6) is 0.0916. The van der Waals surface area contributed by atoms with Gasteiger partial charge in [0.2, 0.25) is 0 Å². The molecule has 8 nitrogen and oxygen atoms in total. The van der Waals surface area contributed by atoms with Gasteiger partial charge in [-0.2, -0.15) is 0 Å². The van der Waals surface area contributed by atoms with Gasteiger partial charge in [0.05, 0.1) is 18.6 Å². The van der Waals surface area contributed by atoms with Crippen LogP contribution in [0.3, 0.4) is 0 Å². The fourth-order valence-corrected chi connectivity index (χ4v) is 5.33. The third kappa shape index (κ3) is 5.23. The molecule has 0 N–H and O–H groups in total. The number of rotatable bonds is 7. The van der Waals surface area contributed by atoms with Crippen molar-refractivity contribution < 1.29 is 18.9 Å². The van der Waals surface area contributed by atoms with Gasteiger partial charge in [-0.15, -0.1) is 5.10 Å². The monoisotopic (exact) mass is 525 g/mol. The summed E-state index contributed by atoms with van der Waals surface area (Å²) in [7, 11) is 1.67. The van der Waals surface area contributed by atoms with E-state index in [1.54, 1.807) is 19.2 Å². The molecule has 0 aliphatic carbocycles. The van der Waals surface area contributed by atoms with E-state index in [0.717, 1.165) is 22.4 Å². The maximum absolute atomic E-state index is 13.0. The summed E-state index contributed by atoms with van der Waals surface area (Å²) < 4.78 is 25.2. The van der Waals surface area contributed by atoms with E-state index in [2.05, 4.69) is 46.7 Å². The lowest BCUT2D eigenvalue weighted by Gasteiger charge is -2.24. The van der Waals surface area contributed by atoms with Crippen molar-refractivity contribution in [3.05, 3.63) is 94.8 Å². The van der Waals surface area contributed by atoms with Crippen LogP contribution >= 0.6 is 0 Å². The predicted octanol–water partition coefficient (Wildman–Crippen LogP) is 5.06. The van der Waals surface area contributed by atoms with E-state index >= 15 is 0 Å². The second kappa shape index (κ2) is 10.4. The van der Waals surface area contributed by atoms with Crippen LogP contribution in [0, 0.1) is 5.92 Å². The van der Waals surface area contributed by atoms with Crippen molar-refractivity contribution in [2.45, 2.75) is 51.1 Å². The van der Waals surface area contributed by atoms with Crippen molar-refractivity contribution in [3.63, 3.8) is 0 Å². The Morgan fingerprint density at radius 3 is 2.44 bits per heavy atom. The van der Waals surface area contributed by atoms with Crippen LogP contribution in [0.2, 0.25) is 0 Å². The lowest BCUT2D eigenvalue weighted by atomic mass is 9.93. The summed E-state index contributed by atoms with van der Waals surface area (Å²) >= 11 is 0. The van der Waals surface area contributed by atoms with Gasteiger partial charge in [-0.05, 0) is 61.2 Å². The summed E-state index contributed by atoms with van der Waals surface area (Å²) in [5.41, 5.74) is 3.76. The third-order valence-corrected chi connectivity index (χ3v) is 7.34. The molecule has 6 rings (SSSR count). The highest BCUT2D eigenvalue weighted by Crippen LogP contribution is 2.42. The molecule has 2 saturated heterocycles. The predicted molar refractivity (Wildman–Crippen MR) is 148 cm³/mol. The zero-order chi connectivity index (χ0) is 27.0. The Labute approximate surface area is 226 Å². The van der Waals surface area contributed by atoms with E-state index < -0.39 is 12.1 Å². The number of fused-ring (bicyclic) bond motifs is 2. The number of nitrogens with zero attached hydrogens (tertiary/aromatic N) is 3. The van der Waals surface area contributed by atoms with Crippen LogP contribution in [0.25, 0.3) is 28.1 Å². The standard InChI is InChI=1S/C31H31N3O5/c1-31(2)38-28-25(18-19-34-29(35)24-6-4-5-7-26(24)32-33-34)27(37-30(28)39-31)17-10-20-8-11-21(12-9-20)22-13-15-23(36-3)16-14-22/h4-17,25,27-28,30H,18-19H2,1-3H3/t25-,27+,28-,30-/m0/s1. The van der Waals surface area contributed by atoms with E-state index in [1.165, 1.54) is 4.68 Å². The number of benzene rings is 3. The van der Waals surface area contributed by atoms with E-state index in [-0.39, 0.29) is 23.7 Å². The van der Waals surface area contributed by atoms with Crippen LogP contribution in [-0.2, 0) is 20.8 Å². The minimum Gasteiger partial charge on any atom is -0.497 e. The maximum atomic E-state index is 13.0. The summed E-state index contributed by atoms with van der Waals surface area (Å²) in [6.07, 6.45) is 3.80. The van der Waals surface area contributed by atoms with Crippen molar-refractivity contribution >= 4 is 17.0 Å². The van der Waals surface area contributed by atoms with Gasteiger partial charge in [0.1, 0.15) is 17.4 Å². The van der Waals surface area contributed by atoms with Crippen LogP contribution in [0.5, 0.6) is 5.75 Å². The molecule has 3 aromatic carbocycles. The Kier molecular flexibility index (Phi) is 6.76. The molecule has 2 aliphatic heterocycles. The first-order chi connectivity index (χ1) is 18.9. The first-order valence-corrected chi connectivity index (χ1v) is 13.2. The highest BCUT2D eigenvalue weighted by atomic mass is 16.8. The molecule has 0 bridgehead atoms. The lowest BCUT2D eigenvalue weighted by molar-refractivity contribution is -0.205. The summed E-state index contributed by atoms with van der Waals surface area (Å²) in [6.45, 7) is 4.18. The van der Waals surface area contributed by atoms with Gasteiger partial charge < -0.3 is 18.9 Å². The Hall–Kier alpha value is -3.85. The van der Waals surface area contributed by atoms with Crippen LogP contribution in [0.1, 0.15) is 25.8 Å². The molecule has 0 unspecified atom stereocenters. The van der Waals surface area contributed by atoms with Crippen molar-refractivity contribution in [2.24, 2.45) is 5.92 Å². The third-order valence-electron chi connectivity index (χ3n) is 7.34. The lowest BCUT2D eigenvalue weighted by Crippen LogP contribution is -2.32. The average molecular weight is 526 g/mol. The Balaban J connectivity index is 1.19. The maximum Gasteiger partial charge on any atom is 0.277 e. The molecular formula is C31H31N3O5. The first kappa shape index (κ1) is 25.4. The molecule has 1 aromatic heterocycles. The molecule has 2 fully saturated rings. The summed E-state index contributed by atoms with van der Waals surface area (Å²) in [5, 5.41) is 8.93. The number of hydrogen-bond donors (Lipinski definition) is 0. The summed E-state index contributed by atoms with van der Waals surface area (Å²) in [6, 6.07) is 23.6. The van der Waals surface area contributed by atoms with Crippen LogP contribution < -0.4 is 10.3 Å². The molecule has 0 spiro atoms. The second-order valence-electron chi connectivity index (χ2n) is 10.4. The Morgan fingerprint density at radius 1 is 0.974 bits per heavy atom. The van der Waals surface area contributed by atoms with Crippen molar-refractivity contribution in [2.75, 3.05) is 7.11 Å². The normalized spacial score (nSPS) is 23.9. The quantitative estimate of drug-likeness (QED) is 0.333. The van der Waals surface area contributed by atoms with Crippen LogP contribution in [-0.4, -0.2) is 46.4 Å². The van der Waals surface area contributed by atoms with E-state index in [0.29, 0.717) is 23.9 Å². The smallest absolute Gasteiger partial charge is 0.277 e. The highest BCUT2D eigenvalue weighted by molar-refractivity contribution is 5.76. The van der Waals surface area contributed by atoms with Gasteiger partial charge in [-0.1, -0.05) is 65.9 Å². The number of methoxy groups -OCH3 is 1. The van der Waals surface area contributed by atoms with Gasteiger partial charge in [-0.3, -0.25) is 4.79 Å². The SMILES string of the molecule is COc1ccc(-c2ccc(C=C[C@H]3O[C@H]4OC(C)(C)O[C@H]4[C@H]3CCn3nnc4ccccc4c3=O)cc2)cc1. The van der Waals surface area contributed by atoms with Crippen molar-refractivity contribution in [1.29, 1.82) is 0 Å². The van der Waals surface area contributed by atoms with E-state index in [9.17, 15) is 4.79 Å². The molecule has 200 valence electrons. The zero-order valence-corrected chi connectivity index (χ0v) is 22.2. The fraction of sp³-hybridized carbons (Fsp3) is 0.323. The zero-order valence-electron chi connectivity index (χ0n) is 22.2. The Morgan fingerprint density at radius 2 is 1.69 bits per heavy atom. The van der Waals surface area contributed by atoms with Gasteiger partial charge in [0.15, 0.2) is 12.1 Å². The fourth-order valence-electron chi connectivity index (χ4n) is 5.33. The molecule has 39 heavy (non-hydrogen) atoms. The molecule has 4 atom stereocenters. The molecule has 2 aliphatic rings. The number of hydrogen-bond acceptors (Lipinski definition) is 7. The number of aromatic nitrogens is 3. The van der Waals surface area contributed by atoms with Gasteiger partial charge >= 0.3 is 0 Å². The van der Waals surface area contributed by atoms with Crippen LogP contribution in [0.15, 0.2) is 83.7 Å². The second-order valence-corrected chi connectivity index (χ2v) is 10.4. The topological polar surface area (TPSA) is 84.7 Å². The molecule has 0 radical (unpaired) electrons. The average Bonchev–Trinajstić information content (AvgIpc) is 3.43. The van der Waals surface area contributed by atoms with Gasteiger partial charge in [0.25, 0.3) is 5.56 Å². The molecule has 4 aromatic rings.